The fourth-order valence-electron chi connectivity index (χ4n) is 2.24. The molecule has 1 atom stereocenters. The van der Waals surface area contributed by atoms with Crippen LogP contribution in [0.15, 0.2) is 11.6 Å². The van der Waals surface area contributed by atoms with Crippen LogP contribution in [-0.2, 0) is 11.2 Å². The lowest BCUT2D eigenvalue weighted by Gasteiger charge is -2.20. The Balaban J connectivity index is 2.17. The van der Waals surface area contributed by atoms with Crippen LogP contribution < -0.4 is 10.6 Å². The quantitative estimate of drug-likeness (QED) is 0.814. The number of hydrogen-bond donors (Lipinski definition) is 1. The van der Waals surface area contributed by atoms with Gasteiger partial charge in [-0.25, -0.2) is 4.98 Å². The Morgan fingerprint density at radius 2 is 2.24 bits per heavy atom. The average molecular weight is 310 g/mol. The largest absolute Gasteiger partial charge is 0.377 e. The van der Waals surface area contributed by atoms with Crippen molar-refractivity contribution in [1.82, 2.24) is 9.38 Å². The maximum absolute atomic E-state index is 6.15. The first-order valence-electron chi connectivity index (χ1n) is 7.55. The Morgan fingerprint density at radius 3 is 2.90 bits per heavy atom. The molecule has 2 aromatic heterocycles. The third-order valence-corrected chi connectivity index (χ3v) is 4.32. The fraction of sp³-hybridized carbons (Fsp3) is 0.667. The molecule has 2 rings (SSSR count). The molecule has 0 aliphatic carbocycles. The van der Waals surface area contributed by atoms with E-state index < -0.39 is 0 Å². The second kappa shape index (κ2) is 7.24. The first kappa shape index (κ1) is 16.3. The molecular weight excluding hydrogens is 284 g/mol. The molecule has 2 N–H and O–H groups in total. The van der Waals surface area contributed by atoms with Gasteiger partial charge < -0.3 is 15.4 Å². The van der Waals surface area contributed by atoms with E-state index in [-0.39, 0.29) is 12.1 Å². The molecule has 0 bridgehead atoms. The highest BCUT2D eigenvalue weighted by atomic mass is 32.1. The first-order valence-corrected chi connectivity index (χ1v) is 8.43. The Labute approximate surface area is 130 Å². The number of nitrogens with two attached hydrogens (primary N) is 1. The molecule has 0 fully saturated rings. The maximum atomic E-state index is 6.15. The summed E-state index contributed by atoms with van der Waals surface area (Å²) >= 11 is 1.66. The summed E-state index contributed by atoms with van der Waals surface area (Å²) in [4.78, 5) is 7.95. The summed E-state index contributed by atoms with van der Waals surface area (Å²) in [6.07, 6.45) is 4.15. The zero-order valence-electron chi connectivity index (χ0n) is 13.4. The normalized spacial score (nSPS) is 13.2. The van der Waals surface area contributed by atoms with Crippen molar-refractivity contribution in [2.24, 2.45) is 5.73 Å². The zero-order valence-corrected chi connectivity index (χ0v) is 14.2. The van der Waals surface area contributed by atoms with Crippen molar-refractivity contribution in [1.29, 1.82) is 0 Å². The van der Waals surface area contributed by atoms with Gasteiger partial charge in [0.15, 0.2) is 10.8 Å². The molecule has 118 valence electrons. The number of fused-ring (bicyclic) bond motifs is 1. The number of thiazole rings is 1. The zero-order chi connectivity index (χ0) is 15.4. The first-order chi connectivity index (χ1) is 10.0. The number of hydrogen-bond acceptors (Lipinski definition) is 5. The van der Waals surface area contributed by atoms with E-state index in [4.69, 9.17) is 15.5 Å². The van der Waals surface area contributed by atoms with Gasteiger partial charge in [0, 0.05) is 37.6 Å². The average Bonchev–Trinajstić information content (AvgIpc) is 3.00. The molecule has 2 heterocycles. The SMILES string of the molecule is CCC(N)Cc1c(N(C)CCOC(C)C)nc2sccn12. The van der Waals surface area contributed by atoms with Crippen molar-refractivity contribution in [2.45, 2.75) is 45.8 Å². The second-order valence-corrected chi connectivity index (χ2v) is 6.52. The van der Waals surface area contributed by atoms with Crippen LogP contribution in [0.1, 0.15) is 32.9 Å². The highest BCUT2D eigenvalue weighted by Gasteiger charge is 2.18. The third-order valence-electron chi connectivity index (χ3n) is 3.56. The van der Waals surface area contributed by atoms with Crippen LogP contribution in [0.5, 0.6) is 0 Å². The molecule has 0 saturated carbocycles. The Hall–Kier alpha value is -1.11. The molecule has 1 unspecified atom stereocenters. The van der Waals surface area contributed by atoms with Gasteiger partial charge in [-0.1, -0.05) is 6.92 Å². The van der Waals surface area contributed by atoms with E-state index in [1.807, 2.05) is 0 Å². The lowest BCUT2D eigenvalue weighted by atomic mass is 10.1. The fourth-order valence-corrected chi connectivity index (χ4v) is 2.97. The molecule has 0 radical (unpaired) electrons. The summed E-state index contributed by atoms with van der Waals surface area (Å²) in [5, 5.41) is 2.06. The Kier molecular flexibility index (Phi) is 5.61. The van der Waals surface area contributed by atoms with Gasteiger partial charge in [-0.05, 0) is 20.3 Å². The lowest BCUT2D eigenvalue weighted by Crippen LogP contribution is -2.27. The molecule has 0 aromatic carbocycles. The minimum Gasteiger partial charge on any atom is -0.377 e. The number of aromatic nitrogens is 2. The molecule has 0 aliphatic heterocycles. The number of anilines is 1. The number of nitrogens with zero attached hydrogens (tertiary/aromatic N) is 3. The number of likely N-dealkylation sites (N-methyl/N-ethyl adjacent to an activating group) is 1. The summed E-state index contributed by atoms with van der Waals surface area (Å²) in [6, 6.07) is 0.170. The Morgan fingerprint density at radius 1 is 1.48 bits per heavy atom. The predicted molar refractivity (Wildman–Crippen MR) is 89.4 cm³/mol. The van der Waals surface area contributed by atoms with Crippen LogP contribution in [-0.4, -0.2) is 41.7 Å². The summed E-state index contributed by atoms with van der Waals surface area (Å²) in [5.41, 5.74) is 7.35. The molecule has 0 spiro atoms. The minimum absolute atomic E-state index is 0.170. The van der Waals surface area contributed by atoms with Gasteiger partial charge in [-0.15, -0.1) is 11.3 Å². The smallest absolute Gasteiger partial charge is 0.195 e. The van der Waals surface area contributed by atoms with E-state index in [1.54, 1.807) is 11.3 Å². The van der Waals surface area contributed by atoms with Crippen molar-refractivity contribution >= 4 is 22.1 Å². The number of imidazole rings is 1. The van der Waals surface area contributed by atoms with E-state index in [1.165, 1.54) is 5.69 Å². The molecule has 0 amide bonds. The van der Waals surface area contributed by atoms with Gasteiger partial charge in [-0.2, -0.15) is 0 Å². The van der Waals surface area contributed by atoms with Crippen LogP contribution >= 0.6 is 11.3 Å². The molecule has 6 heteroatoms. The lowest BCUT2D eigenvalue weighted by molar-refractivity contribution is 0.0845. The van der Waals surface area contributed by atoms with Crippen molar-refractivity contribution in [2.75, 3.05) is 25.1 Å². The van der Waals surface area contributed by atoms with E-state index in [2.05, 4.69) is 48.7 Å². The van der Waals surface area contributed by atoms with Gasteiger partial charge in [-0.3, -0.25) is 4.40 Å². The van der Waals surface area contributed by atoms with E-state index in [9.17, 15) is 0 Å². The maximum Gasteiger partial charge on any atom is 0.195 e. The second-order valence-electron chi connectivity index (χ2n) is 5.65. The van der Waals surface area contributed by atoms with Gasteiger partial charge in [0.2, 0.25) is 0 Å². The van der Waals surface area contributed by atoms with Gasteiger partial charge >= 0.3 is 0 Å². The van der Waals surface area contributed by atoms with Crippen LogP contribution in [0.2, 0.25) is 0 Å². The van der Waals surface area contributed by atoms with Crippen molar-refractivity contribution in [3.63, 3.8) is 0 Å². The van der Waals surface area contributed by atoms with Gasteiger partial charge in [0.05, 0.1) is 18.4 Å². The van der Waals surface area contributed by atoms with Crippen molar-refractivity contribution in [3.8, 4) is 0 Å². The molecule has 0 saturated heterocycles. The molecule has 5 nitrogen and oxygen atoms in total. The van der Waals surface area contributed by atoms with Crippen molar-refractivity contribution < 1.29 is 4.74 Å². The Bertz CT molecular complexity index is 563. The molecule has 21 heavy (non-hydrogen) atoms. The summed E-state index contributed by atoms with van der Waals surface area (Å²) < 4.78 is 7.80. The van der Waals surface area contributed by atoms with Crippen molar-refractivity contribution in [3.05, 3.63) is 17.3 Å². The molecular formula is C15H26N4OS. The van der Waals surface area contributed by atoms with Crippen LogP contribution in [0.3, 0.4) is 0 Å². The molecule has 0 aliphatic rings. The van der Waals surface area contributed by atoms with E-state index >= 15 is 0 Å². The van der Waals surface area contributed by atoms with Gasteiger partial charge in [0.1, 0.15) is 0 Å². The summed E-state index contributed by atoms with van der Waals surface area (Å²) in [5.74, 6) is 1.03. The van der Waals surface area contributed by atoms with E-state index in [0.717, 1.165) is 30.2 Å². The standard InChI is InChI=1S/C15H26N4OS/c1-5-12(16)10-13-14(17-15-19(13)7-9-21-15)18(4)6-8-20-11(2)3/h7,9,11-12H,5-6,8,10,16H2,1-4H3. The topological polar surface area (TPSA) is 55.8 Å². The predicted octanol–water partition coefficient (Wildman–Crippen LogP) is 2.54. The summed E-state index contributed by atoms with van der Waals surface area (Å²) in [6.45, 7) is 7.77. The van der Waals surface area contributed by atoms with Crippen LogP contribution in [0.25, 0.3) is 4.96 Å². The van der Waals surface area contributed by atoms with E-state index in [0.29, 0.717) is 6.61 Å². The highest BCUT2D eigenvalue weighted by molar-refractivity contribution is 7.15. The minimum atomic E-state index is 0.170. The third kappa shape index (κ3) is 3.96. The van der Waals surface area contributed by atoms with Crippen LogP contribution in [0.4, 0.5) is 5.82 Å². The summed E-state index contributed by atoms with van der Waals surface area (Å²) in [7, 11) is 2.07. The van der Waals surface area contributed by atoms with Gasteiger partial charge in [0.25, 0.3) is 0 Å². The number of ether oxygens (including phenoxy) is 1. The highest BCUT2D eigenvalue weighted by Crippen LogP contribution is 2.25. The molecule has 2 aromatic rings. The number of rotatable bonds is 8. The van der Waals surface area contributed by atoms with Crippen LogP contribution in [0, 0.1) is 0 Å². The monoisotopic (exact) mass is 310 g/mol.